The number of hydrazone groups is 1. The Balaban J connectivity index is 1.73. The van der Waals surface area contributed by atoms with E-state index in [4.69, 9.17) is 9.15 Å². The molecule has 156 valence electrons. The van der Waals surface area contributed by atoms with Crippen LogP contribution in [-0.2, 0) is 0 Å². The van der Waals surface area contributed by atoms with E-state index < -0.39 is 22.5 Å². The normalized spacial score (nSPS) is 11.2. The number of aromatic nitrogens is 1. The van der Waals surface area contributed by atoms with Gasteiger partial charge in [0, 0.05) is 0 Å². The molecule has 0 bridgehead atoms. The zero-order valence-electron chi connectivity index (χ0n) is 15.9. The van der Waals surface area contributed by atoms with Crippen LogP contribution in [0.4, 0.5) is 15.4 Å². The molecular weight excluding hydrogens is 427 g/mol. The van der Waals surface area contributed by atoms with Gasteiger partial charge in [-0.05, 0) is 54.1 Å². The maximum atomic E-state index is 13.6. The summed E-state index contributed by atoms with van der Waals surface area (Å²) in [5.41, 5.74) is 1.14. The highest BCUT2D eigenvalue weighted by Crippen LogP contribution is 2.31. The Morgan fingerprint density at radius 1 is 1.26 bits per heavy atom. The van der Waals surface area contributed by atoms with Gasteiger partial charge in [0.2, 0.25) is 10.9 Å². The van der Waals surface area contributed by atoms with Crippen molar-refractivity contribution >= 4 is 44.7 Å². The van der Waals surface area contributed by atoms with Crippen molar-refractivity contribution in [2.75, 3.05) is 12.1 Å². The van der Waals surface area contributed by atoms with Gasteiger partial charge in [-0.3, -0.25) is 14.9 Å². The van der Waals surface area contributed by atoms with Gasteiger partial charge in [0.15, 0.2) is 0 Å². The molecule has 0 saturated carbocycles. The maximum absolute atomic E-state index is 13.6. The lowest BCUT2D eigenvalue weighted by Gasteiger charge is -2.11. The Morgan fingerprint density at radius 3 is 2.71 bits per heavy atom. The van der Waals surface area contributed by atoms with Crippen LogP contribution in [0.2, 0.25) is 0 Å². The van der Waals surface area contributed by atoms with Gasteiger partial charge in [0.1, 0.15) is 16.5 Å². The number of rotatable bonds is 6. The molecule has 0 aliphatic rings. The van der Waals surface area contributed by atoms with Crippen LogP contribution in [0.1, 0.15) is 16.1 Å². The average Bonchev–Trinajstić information content (AvgIpc) is 3.41. The molecule has 0 N–H and O–H groups in total. The maximum Gasteiger partial charge on any atom is 0.433 e. The van der Waals surface area contributed by atoms with Crippen molar-refractivity contribution in [2.45, 2.75) is 0 Å². The molecule has 0 unspecified atom stereocenters. The van der Waals surface area contributed by atoms with E-state index in [-0.39, 0.29) is 10.9 Å². The second kappa shape index (κ2) is 8.32. The number of carbonyl (C=O) groups is 1. The van der Waals surface area contributed by atoms with Gasteiger partial charge in [-0.15, -0.1) is 0 Å². The highest BCUT2D eigenvalue weighted by atomic mass is 32.1. The second-order valence-corrected chi connectivity index (χ2v) is 7.15. The third-order valence-corrected chi connectivity index (χ3v) is 5.13. The van der Waals surface area contributed by atoms with E-state index in [9.17, 15) is 19.3 Å². The number of anilines is 1. The minimum atomic E-state index is -0.766. The van der Waals surface area contributed by atoms with Crippen LogP contribution in [0.3, 0.4) is 0 Å². The van der Waals surface area contributed by atoms with Crippen LogP contribution >= 0.6 is 11.3 Å². The van der Waals surface area contributed by atoms with Crippen LogP contribution < -0.4 is 9.75 Å². The lowest BCUT2D eigenvalue weighted by molar-refractivity contribution is -0.402. The molecule has 31 heavy (non-hydrogen) atoms. The zero-order chi connectivity index (χ0) is 22.0. The number of hydrogen-bond acceptors (Lipinski definition) is 8. The fraction of sp³-hybridized carbons (Fsp3) is 0.0500. The van der Waals surface area contributed by atoms with Gasteiger partial charge in [-0.25, -0.2) is 9.37 Å². The molecule has 0 aliphatic carbocycles. The summed E-state index contributed by atoms with van der Waals surface area (Å²) in [6.07, 6.45) is 1.42. The molecule has 2 aromatic heterocycles. The molecule has 9 nitrogen and oxygen atoms in total. The summed E-state index contributed by atoms with van der Waals surface area (Å²) in [6.45, 7) is 0. The molecule has 0 fully saturated rings. The van der Waals surface area contributed by atoms with Crippen LogP contribution in [0.15, 0.2) is 64.1 Å². The number of halogens is 1. The van der Waals surface area contributed by atoms with E-state index in [1.54, 1.807) is 31.4 Å². The van der Waals surface area contributed by atoms with Crippen molar-refractivity contribution in [3.63, 3.8) is 0 Å². The number of benzene rings is 2. The molecule has 1 amide bonds. The van der Waals surface area contributed by atoms with Gasteiger partial charge in [-0.1, -0.05) is 11.3 Å². The van der Waals surface area contributed by atoms with Crippen molar-refractivity contribution in [1.29, 1.82) is 0 Å². The summed E-state index contributed by atoms with van der Waals surface area (Å²) in [6, 6.07) is 13.2. The zero-order valence-corrected chi connectivity index (χ0v) is 16.7. The number of carbonyl (C=O) groups excluding carboxylic acids is 1. The molecule has 0 spiro atoms. The number of methoxy groups -OCH3 is 1. The van der Waals surface area contributed by atoms with Crippen molar-refractivity contribution < 1.29 is 23.3 Å². The number of amides is 1. The summed E-state index contributed by atoms with van der Waals surface area (Å²) >= 11 is 1.04. The minimum absolute atomic E-state index is 0.148. The lowest BCUT2D eigenvalue weighted by atomic mass is 10.2. The van der Waals surface area contributed by atoms with Gasteiger partial charge >= 0.3 is 11.8 Å². The van der Waals surface area contributed by atoms with Crippen molar-refractivity contribution in [3.8, 4) is 5.75 Å². The highest BCUT2D eigenvalue weighted by Gasteiger charge is 2.26. The fourth-order valence-electron chi connectivity index (χ4n) is 2.63. The predicted octanol–water partition coefficient (Wildman–Crippen LogP) is 4.63. The SMILES string of the molecule is COc1ccc(/C=N/N(C(=O)c2ccc([N+](=O)[O-])o2)c2nc3ccc(F)cc3s2)cc1. The summed E-state index contributed by atoms with van der Waals surface area (Å²) in [4.78, 5) is 27.5. The molecule has 0 atom stereocenters. The van der Waals surface area contributed by atoms with Crippen LogP contribution in [0.5, 0.6) is 5.75 Å². The molecule has 0 saturated heterocycles. The largest absolute Gasteiger partial charge is 0.497 e. The summed E-state index contributed by atoms with van der Waals surface area (Å²) < 4.78 is 24.2. The Hall–Kier alpha value is -4.12. The molecule has 4 rings (SSSR count). The lowest BCUT2D eigenvalue weighted by Crippen LogP contribution is -2.25. The standard InChI is InChI=1S/C20H13FN4O5S/c1-29-14-5-2-12(3-6-14)11-22-24(19(26)16-8-9-18(30-16)25(27)28)20-23-15-7-4-13(21)10-17(15)31-20/h2-11H,1H3/b22-11+. The average molecular weight is 440 g/mol. The third-order valence-electron chi connectivity index (χ3n) is 4.13. The van der Waals surface area contributed by atoms with Gasteiger partial charge in [0.05, 0.1) is 29.6 Å². The van der Waals surface area contributed by atoms with E-state index >= 15 is 0 Å². The second-order valence-electron chi connectivity index (χ2n) is 6.14. The molecule has 0 radical (unpaired) electrons. The third kappa shape index (κ3) is 4.26. The smallest absolute Gasteiger partial charge is 0.433 e. The number of nitro groups is 1. The topological polar surface area (TPSA) is 111 Å². The van der Waals surface area contributed by atoms with E-state index in [2.05, 4.69) is 10.1 Å². The quantitative estimate of drug-likeness (QED) is 0.246. The highest BCUT2D eigenvalue weighted by molar-refractivity contribution is 7.22. The summed E-state index contributed by atoms with van der Waals surface area (Å²) in [5.74, 6) is -1.42. The molecule has 2 aromatic carbocycles. The Kier molecular flexibility index (Phi) is 5.41. The van der Waals surface area contributed by atoms with Gasteiger partial charge < -0.3 is 9.15 Å². The van der Waals surface area contributed by atoms with Crippen LogP contribution in [0.25, 0.3) is 10.2 Å². The van der Waals surface area contributed by atoms with Crippen molar-refractivity contribution in [2.24, 2.45) is 5.10 Å². The summed E-state index contributed by atoms with van der Waals surface area (Å²) in [7, 11) is 1.54. The molecule has 4 aromatic rings. The first-order chi connectivity index (χ1) is 14.9. The van der Waals surface area contributed by atoms with Crippen LogP contribution in [-0.4, -0.2) is 29.1 Å². The minimum Gasteiger partial charge on any atom is -0.497 e. The van der Waals surface area contributed by atoms with E-state index in [0.717, 1.165) is 22.4 Å². The number of nitrogens with zero attached hydrogens (tertiary/aromatic N) is 4. The first kappa shape index (κ1) is 20.2. The van der Waals surface area contributed by atoms with E-state index in [1.807, 2.05) is 0 Å². The van der Waals surface area contributed by atoms with Crippen molar-refractivity contribution in [3.05, 3.63) is 81.9 Å². The molecular formula is C20H13FN4O5S. The van der Waals surface area contributed by atoms with E-state index in [0.29, 0.717) is 21.5 Å². The number of fused-ring (bicyclic) bond motifs is 1. The number of furan rings is 1. The number of thiazole rings is 1. The van der Waals surface area contributed by atoms with Gasteiger partial charge in [0.25, 0.3) is 0 Å². The first-order valence-electron chi connectivity index (χ1n) is 8.77. The van der Waals surface area contributed by atoms with Crippen molar-refractivity contribution in [1.82, 2.24) is 4.98 Å². The fourth-order valence-corrected chi connectivity index (χ4v) is 3.57. The van der Waals surface area contributed by atoms with Gasteiger partial charge in [-0.2, -0.15) is 10.1 Å². The monoisotopic (exact) mass is 440 g/mol. The Labute approximate surface area is 178 Å². The first-order valence-corrected chi connectivity index (χ1v) is 9.59. The molecule has 0 aliphatic heterocycles. The van der Waals surface area contributed by atoms with E-state index in [1.165, 1.54) is 30.5 Å². The molecule has 2 heterocycles. The predicted molar refractivity (Wildman–Crippen MR) is 112 cm³/mol. The Bertz CT molecular complexity index is 1300. The van der Waals surface area contributed by atoms with Crippen LogP contribution in [0, 0.1) is 15.9 Å². The Morgan fingerprint density at radius 2 is 2.03 bits per heavy atom. The number of ether oxygens (including phenoxy) is 1. The summed E-state index contributed by atoms with van der Waals surface area (Å²) in [5, 5.41) is 16.2. The number of hydrogen-bond donors (Lipinski definition) is 0. The molecule has 11 heteroatoms.